The molecule has 0 spiro atoms. The van der Waals surface area contributed by atoms with E-state index in [9.17, 15) is 13.2 Å². The van der Waals surface area contributed by atoms with Gasteiger partial charge in [0.1, 0.15) is 0 Å². The molecular formula is C18H24ClN3O3S2. The van der Waals surface area contributed by atoms with Gasteiger partial charge in [-0.1, -0.05) is 12.1 Å². The summed E-state index contributed by atoms with van der Waals surface area (Å²) < 4.78 is 27.7. The molecule has 9 heteroatoms. The summed E-state index contributed by atoms with van der Waals surface area (Å²) in [5.74, 6) is -0.146. The number of thiophene rings is 1. The van der Waals surface area contributed by atoms with E-state index in [-0.39, 0.29) is 35.8 Å². The molecule has 148 valence electrons. The van der Waals surface area contributed by atoms with E-state index in [0.717, 1.165) is 30.8 Å². The van der Waals surface area contributed by atoms with E-state index >= 15 is 0 Å². The van der Waals surface area contributed by atoms with Crippen molar-refractivity contribution < 1.29 is 13.2 Å². The van der Waals surface area contributed by atoms with E-state index in [1.807, 2.05) is 17.5 Å². The van der Waals surface area contributed by atoms with Gasteiger partial charge in [0.25, 0.3) is 5.91 Å². The molecule has 1 fully saturated rings. The first-order valence-corrected chi connectivity index (χ1v) is 10.9. The minimum Gasteiger partial charge on any atom is -0.339 e. The third-order valence-electron chi connectivity index (χ3n) is 4.58. The largest absolute Gasteiger partial charge is 0.339 e. The van der Waals surface area contributed by atoms with Gasteiger partial charge in [-0.05, 0) is 55.6 Å². The zero-order valence-corrected chi connectivity index (χ0v) is 17.5. The van der Waals surface area contributed by atoms with Crippen molar-refractivity contribution in [3.8, 4) is 0 Å². The summed E-state index contributed by atoms with van der Waals surface area (Å²) >= 11 is 1.49. The Morgan fingerprint density at radius 2 is 2.00 bits per heavy atom. The number of hydrogen-bond donors (Lipinski definition) is 2. The Bertz CT molecular complexity index is 850. The predicted molar refractivity (Wildman–Crippen MR) is 110 cm³/mol. The molecule has 0 bridgehead atoms. The molecule has 0 aliphatic carbocycles. The van der Waals surface area contributed by atoms with Crippen LogP contribution in [0.4, 0.5) is 0 Å². The number of benzene rings is 1. The number of carbonyl (C=O) groups is 1. The van der Waals surface area contributed by atoms with Gasteiger partial charge in [0, 0.05) is 30.1 Å². The Morgan fingerprint density at radius 3 is 2.67 bits per heavy atom. The average molecular weight is 430 g/mol. The van der Waals surface area contributed by atoms with Crippen LogP contribution in [0.15, 0.2) is 46.7 Å². The maximum atomic E-state index is 12.8. The number of rotatable bonds is 6. The van der Waals surface area contributed by atoms with Crippen molar-refractivity contribution in [2.75, 3.05) is 20.1 Å². The summed E-state index contributed by atoms with van der Waals surface area (Å²) in [5, 5.41) is 5.18. The lowest BCUT2D eigenvalue weighted by Crippen LogP contribution is -2.44. The number of amides is 1. The van der Waals surface area contributed by atoms with Crippen molar-refractivity contribution >= 4 is 39.7 Å². The molecular weight excluding hydrogens is 406 g/mol. The molecule has 2 heterocycles. The molecule has 3 rings (SSSR count). The second-order valence-electron chi connectivity index (χ2n) is 6.33. The Balaban J connectivity index is 0.00000261. The summed E-state index contributed by atoms with van der Waals surface area (Å²) in [4.78, 5) is 15.5. The lowest BCUT2D eigenvalue weighted by atomic mass is 10.0. The van der Waals surface area contributed by atoms with Crippen LogP contribution < -0.4 is 10.0 Å². The molecule has 2 aromatic rings. The van der Waals surface area contributed by atoms with Gasteiger partial charge in [0.2, 0.25) is 10.0 Å². The van der Waals surface area contributed by atoms with Crippen molar-refractivity contribution in [2.24, 2.45) is 0 Å². The third-order valence-corrected chi connectivity index (χ3v) is 6.86. The molecule has 1 saturated heterocycles. The zero-order chi connectivity index (χ0) is 18.6. The highest BCUT2D eigenvalue weighted by Gasteiger charge is 2.24. The second-order valence-corrected chi connectivity index (χ2v) is 9.13. The summed E-state index contributed by atoms with van der Waals surface area (Å²) in [6.45, 7) is 2.03. The maximum absolute atomic E-state index is 12.8. The van der Waals surface area contributed by atoms with Gasteiger partial charge in [-0.25, -0.2) is 13.1 Å². The Labute approximate surface area is 170 Å². The highest BCUT2D eigenvalue weighted by Crippen LogP contribution is 2.17. The van der Waals surface area contributed by atoms with Crippen LogP contribution in [-0.4, -0.2) is 45.4 Å². The van der Waals surface area contributed by atoms with E-state index in [4.69, 9.17) is 0 Å². The summed E-state index contributed by atoms with van der Waals surface area (Å²) in [7, 11) is -1.88. The fraction of sp³-hybridized carbons (Fsp3) is 0.389. The number of hydrogen-bond acceptors (Lipinski definition) is 5. The number of sulfonamides is 1. The summed E-state index contributed by atoms with van der Waals surface area (Å²) in [6, 6.07) is 10.2. The van der Waals surface area contributed by atoms with Gasteiger partial charge in [-0.3, -0.25) is 4.79 Å². The van der Waals surface area contributed by atoms with Crippen molar-refractivity contribution in [3.05, 3.63) is 52.2 Å². The first-order valence-electron chi connectivity index (χ1n) is 8.57. The molecule has 1 aliphatic heterocycles. The van der Waals surface area contributed by atoms with Crippen molar-refractivity contribution in [1.82, 2.24) is 14.9 Å². The van der Waals surface area contributed by atoms with Crippen LogP contribution in [0.25, 0.3) is 0 Å². The topological polar surface area (TPSA) is 78.5 Å². The highest BCUT2D eigenvalue weighted by atomic mass is 35.5. The SMILES string of the molecule is CN(C(=O)c1cccc(S(=O)(=O)NCc2cccs2)c1)C1CCNCC1.Cl. The smallest absolute Gasteiger partial charge is 0.253 e. The minimum atomic E-state index is -3.67. The Kier molecular flexibility index (Phi) is 7.81. The van der Waals surface area contributed by atoms with Crippen LogP contribution in [0.5, 0.6) is 0 Å². The van der Waals surface area contributed by atoms with Gasteiger partial charge >= 0.3 is 0 Å². The minimum absolute atomic E-state index is 0. The molecule has 0 atom stereocenters. The number of carbonyl (C=O) groups excluding carboxylic acids is 1. The molecule has 1 amide bonds. The molecule has 1 aromatic heterocycles. The van der Waals surface area contributed by atoms with E-state index in [1.54, 1.807) is 24.1 Å². The lowest BCUT2D eigenvalue weighted by molar-refractivity contribution is 0.0703. The average Bonchev–Trinajstić information content (AvgIpc) is 3.20. The fourth-order valence-electron chi connectivity index (χ4n) is 3.02. The highest BCUT2D eigenvalue weighted by molar-refractivity contribution is 7.89. The van der Waals surface area contributed by atoms with Crippen LogP contribution >= 0.6 is 23.7 Å². The molecule has 6 nitrogen and oxygen atoms in total. The van der Waals surface area contributed by atoms with Crippen LogP contribution in [0.3, 0.4) is 0 Å². The molecule has 1 aromatic carbocycles. The molecule has 2 N–H and O–H groups in total. The van der Waals surface area contributed by atoms with E-state index in [2.05, 4.69) is 10.0 Å². The molecule has 1 aliphatic rings. The third kappa shape index (κ3) is 5.52. The van der Waals surface area contributed by atoms with Crippen molar-refractivity contribution in [2.45, 2.75) is 30.3 Å². The van der Waals surface area contributed by atoms with E-state index in [0.29, 0.717) is 5.56 Å². The van der Waals surface area contributed by atoms with Crippen LogP contribution in [0.1, 0.15) is 28.1 Å². The van der Waals surface area contributed by atoms with Gasteiger partial charge in [-0.2, -0.15) is 0 Å². The van der Waals surface area contributed by atoms with Gasteiger partial charge in [0.15, 0.2) is 0 Å². The van der Waals surface area contributed by atoms with Gasteiger partial charge in [0.05, 0.1) is 4.90 Å². The van der Waals surface area contributed by atoms with Gasteiger partial charge < -0.3 is 10.2 Å². The Hall–Kier alpha value is -1.45. The van der Waals surface area contributed by atoms with Crippen LogP contribution in [0.2, 0.25) is 0 Å². The monoisotopic (exact) mass is 429 g/mol. The van der Waals surface area contributed by atoms with Gasteiger partial charge in [-0.15, -0.1) is 23.7 Å². The maximum Gasteiger partial charge on any atom is 0.253 e. The number of halogens is 1. The quantitative estimate of drug-likeness (QED) is 0.739. The van der Waals surface area contributed by atoms with E-state index < -0.39 is 10.0 Å². The van der Waals surface area contributed by atoms with Crippen molar-refractivity contribution in [1.29, 1.82) is 0 Å². The lowest BCUT2D eigenvalue weighted by Gasteiger charge is -2.31. The van der Waals surface area contributed by atoms with Crippen LogP contribution in [0, 0.1) is 0 Å². The molecule has 27 heavy (non-hydrogen) atoms. The number of nitrogens with one attached hydrogen (secondary N) is 2. The normalized spacial score (nSPS) is 15.1. The van der Waals surface area contributed by atoms with Crippen molar-refractivity contribution in [3.63, 3.8) is 0 Å². The standard InChI is InChI=1S/C18H23N3O3S2.ClH/c1-21(15-7-9-19-10-8-15)18(22)14-4-2-6-17(12-14)26(23,24)20-13-16-5-3-11-25-16;/h2-6,11-12,15,19-20H,7-10,13H2,1H3;1H. The van der Waals surface area contributed by atoms with Crippen LogP contribution in [-0.2, 0) is 16.6 Å². The second kappa shape index (κ2) is 9.66. The summed E-state index contributed by atoms with van der Waals surface area (Å²) in [6.07, 6.45) is 1.81. The Morgan fingerprint density at radius 1 is 1.26 bits per heavy atom. The number of piperidine rings is 1. The molecule has 0 unspecified atom stereocenters. The first-order chi connectivity index (χ1) is 12.5. The zero-order valence-electron chi connectivity index (χ0n) is 15.1. The first kappa shape index (κ1) is 21.8. The fourth-order valence-corrected chi connectivity index (χ4v) is 4.81. The van der Waals surface area contributed by atoms with E-state index in [1.165, 1.54) is 23.5 Å². The number of nitrogens with zero attached hydrogens (tertiary/aromatic N) is 1. The summed E-state index contributed by atoms with van der Waals surface area (Å²) in [5.41, 5.74) is 0.394. The molecule has 0 saturated carbocycles. The predicted octanol–water partition coefficient (Wildman–Crippen LogP) is 2.47. The molecule has 0 radical (unpaired) electrons.